The van der Waals surface area contributed by atoms with Gasteiger partial charge in [0, 0.05) is 12.6 Å². The molecule has 23 heavy (non-hydrogen) atoms. The highest BCUT2D eigenvalue weighted by atomic mass is 16.5. The van der Waals surface area contributed by atoms with E-state index in [9.17, 15) is 9.59 Å². The molecule has 0 aliphatic heterocycles. The first-order valence-corrected chi connectivity index (χ1v) is 8.11. The molecule has 1 aromatic carbocycles. The zero-order valence-corrected chi connectivity index (χ0v) is 14.5. The molecule has 0 spiro atoms. The molecule has 0 aliphatic rings. The lowest BCUT2D eigenvalue weighted by molar-refractivity contribution is -0.150. The van der Waals surface area contributed by atoms with Gasteiger partial charge in [0.2, 0.25) is 5.91 Å². The van der Waals surface area contributed by atoms with Gasteiger partial charge >= 0.3 is 5.97 Å². The Bertz CT molecular complexity index is 502. The lowest BCUT2D eigenvalue weighted by atomic mass is 9.94. The number of hydrogen-bond donors (Lipinski definition) is 1. The third-order valence-corrected chi connectivity index (χ3v) is 3.64. The van der Waals surface area contributed by atoms with Gasteiger partial charge < -0.3 is 15.4 Å². The summed E-state index contributed by atoms with van der Waals surface area (Å²) in [6, 6.07) is 9.13. The molecule has 1 amide bonds. The van der Waals surface area contributed by atoms with Crippen molar-refractivity contribution in [3.63, 3.8) is 0 Å². The van der Waals surface area contributed by atoms with Gasteiger partial charge in [-0.25, -0.2) is 0 Å². The number of rotatable bonds is 8. The topological polar surface area (TPSA) is 72.6 Å². The second-order valence-corrected chi connectivity index (χ2v) is 6.14. The van der Waals surface area contributed by atoms with Crippen molar-refractivity contribution in [3.8, 4) is 0 Å². The van der Waals surface area contributed by atoms with Crippen molar-refractivity contribution in [2.24, 2.45) is 17.6 Å². The van der Waals surface area contributed by atoms with Crippen molar-refractivity contribution in [1.29, 1.82) is 0 Å². The first kappa shape index (κ1) is 19.2. The fraction of sp³-hybridized carbons (Fsp3) is 0.556. The van der Waals surface area contributed by atoms with Crippen LogP contribution in [0, 0.1) is 11.8 Å². The van der Waals surface area contributed by atoms with E-state index in [1.54, 1.807) is 18.7 Å². The van der Waals surface area contributed by atoms with E-state index in [-0.39, 0.29) is 24.3 Å². The molecule has 1 rings (SSSR count). The average Bonchev–Trinajstić information content (AvgIpc) is 2.52. The van der Waals surface area contributed by atoms with Crippen LogP contribution in [0.15, 0.2) is 30.3 Å². The van der Waals surface area contributed by atoms with Crippen LogP contribution in [-0.2, 0) is 14.3 Å². The number of hydrogen-bond acceptors (Lipinski definition) is 4. The molecule has 0 aliphatic carbocycles. The summed E-state index contributed by atoms with van der Waals surface area (Å²) in [6.45, 7) is 8.35. The molecule has 5 nitrogen and oxygen atoms in total. The molecule has 2 N–H and O–H groups in total. The fourth-order valence-electron chi connectivity index (χ4n) is 2.44. The Kier molecular flexibility index (Phi) is 7.75. The summed E-state index contributed by atoms with van der Waals surface area (Å²) in [5.74, 6) is -0.663. The summed E-state index contributed by atoms with van der Waals surface area (Å²) in [5, 5.41) is 0. The maximum atomic E-state index is 12.8. The molecule has 0 bridgehead atoms. The van der Waals surface area contributed by atoms with Crippen LogP contribution >= 0.6 is 0 Å². The van der Waals surface area contributed by atoms with Crippen molar-refractivity contribution in [2.75, 3.05) is 19.7 Å². The van der Waals surface area contributed by atoms with Crippen molar-refractivity contribution >= 4 is 11.9 Å². The minimum absolute atomic E-state index is 0.0310. The van der Waals surface area contributed by atoms with Gasteiger partial charge in [0.05, 0.1) is 12.5 Å². The molecule has 2 atom stereocenters. The van der Waals surface area contributed by atoms with E-state index in [1.165, 1.54) is 0 Å². The largest absolute Gasteiger partial charge is 0.465 e. The molecular formula is C18H28N2O3. The van der Waals surface area contributed by atoms with Gasteiger partial charge in [0.25, 0.3) is 0 Å². The maximum absolute atomic E-state index is 12.8. The molecule has 0 saturated heterocycles. The molecule has 1 aromatic rings. The first-order chi connectivity index (χ1) is 10.9. The fourth-order valence-corrected chi connectivity index (χ4v) is 2.44. The molecule has 2 unspecified atom stereocenters. The number of carbonyl (C=O) groups excluding carboxylic acids is 2. The van der Waals surface area contributed by atoms with Gasteiger partial charge in [0.15, 0.2) is 0 Å². The minimum Gasteiger partial charge on any atom is -0.465 e. The van der Waals surface area contributed by atoms with Gasteiger partial charge in [-0.15, -0.1) is 0 Å². The zero-order valence-electron chi connectivity index (χ0n) is 14.5. The van der Waals surface area contributed by atoms with E-state index >= 15 is 0 Å². The third kappa shape index (κ3) is 6.02. The molecule has 0 aromatic heterocycles. The van der Waals surface area contributed by atoms with Crippen LogP contribution in [0.25, 0.3) is 0 Å². The van der Waals surface area contributed by atoms with Gasteiger partial charge in [0.1, 0.15) is 6.54 Å². The zero-order chi connectivity index (χ0) is 17.4. The Morgan fingerprint density at radius 3 is 2.30 bits per heavy atom. The Morgan fingerprint density at radius 1 is 1.17 bits per heavy atom. The summed E-state index contributed by atoms with van der Waals surface area (Å²) in [7, 11) is 0. The molecular weight excluding hydrogens is 292 g/mol. The van der Waals surface area contributed by atoms with Crippen LogP contribution in [0.1, 0.15) is 39.3 Å². The highest BCUT2D eigenvalue weighted by Crippen LogP contribution is 2.21. The van der Waals surface area contributed by atoms with Gasteiger partial charge in [-0.3, -0.25) is 9.59 Å². The summed E-state index contributed by atoms with van der Waals surface area (Å²) in [6.07, 6.45) is 0. The van der Waals surface area contributed by atoms with Crippen LogP contribution in [-0.4, -0.2) is 36.5 Å². The van der Waals surface area contributed by atoms with Crippen LogP contribution in [0.5, 0.6) is 0 Å². The molecule has 128 valence electrons. The van der Waals surface area contributed by atoms with Gasteiger partial charge in [-0.05, 0) is 18.4 Å². The second-order valence-electron chi connectivity index (χ2n) is 6.14. The van der Waals surface area contributed by atoms with E-state index in [4.69, 9.17) is 10.5 Å². The molecule has 0 heterocycles. The molecule has 0 saturated carbocycles. The van der Waals surface area contributed by atoms with Crippen LogP contribution in [0.3, 0.4) is 0 Å². The van der Waals surface area contributed by atoms with Crippen molar-refractivity contribution in [3.05, 3.63) is 35.9 Å². The Labute approximate surface area is 138 Å². The normalized spacial score (nSPS) is 13.5. The van der Waals surface area contributed by atoms with Gasteiger partial charge in [-0.1, -0.05) is 51.1 Å². The average molecular weight is 320 g/mol. The highest BCUT2D eigenvalue weighted by molar-refractivity contribution is 5.84. The first-order valence-electron chi connectivity index (χ1n) is 8.11. The van der Waals surface area contributed by atoms with Gasteiger partial charge in [-0.2, -0.15) is 0 Å². The summed E-state index contributed by atoms with van der Waals surface area (Å²) >= 11 is 0. The number of esters is 1. The lowest BCUT2D eigenvalue weighted by Gasteiger charge is -2.29. The molecule has 0 radical (unpaired) electrons. The van der Waals surface area contributed by atoms with E-state index in [0.29, 0.717) is 13.2 Å². The molecule has 0 fully saturated rings. The van der Waals surface area contributed by atoms with E-state index in [1.807, 2.05) is 44.2 Å². The van der Waals surface area contributed by atoms with E-state index in [0.717, 1.165) is 5.56 Å². The predicted octanol–water partition coefficient (Wildman–Crippen LogP) is 2.37. The number of ether oxygens (including phenoxy) is 1. The standard InChI is InChI=1S/C18H28N2O3/c1-5-23-16(21)12-20(11-13(2)3)18(22)14(4)17(19)15-9-7-6-8-10-15/h6-10,13-14,17H,5,11-12,19H2,1-4H3. The molecule has 5 heteroatoms. The third-order valence-electron chi connectivity index (χ3n) is 3.64. The number of carbonyl (C=O) groups is 2. The lowest BCUT2D eigenvalue weighted by Crippen LogP contribution is -2.44. The van der Waals surface area contributed by atoms with Crippen LogP contribution < -0.4 is 5.73 Å². The Balaban J connectivity index is 2.83. The van der Waals surface area contributed by atoms with E-state index < -0.39 is 12.0 Å². The smallest absolute Gasteiger partial charge is 0.325 e. The highest BCUT2D eigenvalue weighted by Gasteiger charge is 2.28. The van der Waals surface area contributed by atoms with E-state index in [2.05, 4.69) is 0 Å². The Morgan fingerprint density at radius 2 is 1.78 bits per heavy atom. The van der Waals surface area contributed by atoms with Crippen LogP contribution in [0.4, 0.5) is 0 Å². The van der Waals surface area contributed by atoms with Crippen molar-refractivity contribution in [1.82, 2.24) is 4.90 Å². The number of benzene rings is 1. The maximum Gasteiger partial charge on any atom is 0.325 e. The summed E-state index contributed by atoms with van der Waals surface area (Å²) in [4.78, 5) is 26.1. The number of nitrogens with two attached hydrogens (primary N) is 1. The number of nitrogens with zero attached hydrogens (tertiary/aromatic N) is 1. The van der Waals surface area contributed by atoms with Crippen LogP contribution in [0.2, 0.25) is 0 Å². The van der Waals surface area contributed by atoms with Crippen molar-refractivity contribution in [2.45, 2.75) is 33.7 Å². The van der Waals surface area contributed by atoms with Crippen molar-refractivity contribution < 1.29 is 14.3 Å². The number of amides is 1. The summed E-state index contributed by atoms with van der Waals surface area (Å²) < 4.78 is 4.96. The predicted molar refractivity (Wildman–Crippen MR) is 90.6 cm³/mol. The quantitative estimate of drug-likeness (QED) is 0.746. The second kappa shape index (κ2) is 9.30. The SMILES string of the molecule is CCOC(=O)CN(CC(C)C)C(=O)C(C)C(N)c1ccccc1. The minimum atomic E-state index is -0.412. The Hall–Kier alpha value is -1.88. The monoisotopic (exact) mass is 320 g/mol. The summed E-state index contributed by atoms with van der Waals surface area (Å²) in [5.41, 5.74) is 7.14.